The van der Waals surface area contributed by atoms with Crippen LogP contribution in [0.1, 0.15) is 27.7 Å². The average molecular weight is 300 g/mol. The molecule has 1 aliphatic heterocycles. The summed E-state index contributed by atoms with van der Waals surface area (Å²) in [6, 6.07) is 0. The topological polar surface area (TPSA) is 67.2 Å². The Morgan fingerprint density at radius 2 is 2.09 bits per heavy atom. The van der Waals surface area contributed by atoms with E-state index in [1.807, 2.05) is 21.0 Å². The van der Waals surface area contributed by atoms with Crippen molar-refractivity contribution in [1.82, 2.24) is 29.3 Å². The molecule has 0 saturated heterocycles. The van der Waals surface area contributed by atoms with Crippen LogP contribution < -0.4 is 0 Å². The van der Waals surface area contributed by atoms with Crippen LogP contribution in [-0.4, -0.2) is 55.9 Å². The Morgan fingerprint density at radius 3 is 2.77 bits per heavy atom. The van der Waals surface area contributed by atoms with Gasteiger partial charge in [-0.2, -0.15) is 0 Å². The molecule has 2 aromatic heterocycles. The third kappa shape index (κ3) is 2.99. The molecule has 0 N–H and O–H groups in total. The van der Waals surface area contributed by atoms with Crippen LogP contribution in [0.2, 0.25) is 0 Å². The van der Waals surface area contributed by atoms with Gasteiger partial charge in [0.15, 0.2) is 0 Å². The maximum Gasteiger partial charge on any atom is 0.274 e. The number of hydrogen-bond donors (Lipinski definition) is 0. The predicted octanol–water partition coefficient (Wildman–Crippen LogP) is 0.699. The van der Waals surface area contributed by atoms with E-state index < -0.39 is 0 Å². The van der Waals surface area contributed by atoms with E-state index in [4.69, 9.17) is 0 Å². The molecule has 0 aliphatic carbocycles. The first kappa shape index (κ1) is 14.6. The van der Waals surface area contributed by atoms with Crippen LogP contribution in [0.15, 0.2) is 18.6 Å². The van der Waals surface area contributed by atoms with Gasteiger partial charge >= 0.3 is 0 Å². The smallest absolute Gasteiger partial charge is 0.274 e. The second-order valence-corrected chi connectivity index (χ2v) is 5.85. The molecule has 0 unspecified atom stereocenters. The highest BCUT2D eigenvalue weighted by Crippen LogP contribution is 2.15. The fourth-order valence-corrected chi connectivity index (χ4v) is 2.55. The van der Waals surface area contributed by atoms with E-state index in [0.29, 0.717) is 18.8 Å². The van der Waals surface area contributed by atoms with Gasteiger partial charge in [-0.25, -0.2) is 9.97 Å². The molecule has 0 aromatic carbocycles. The Bertz CT molecular complexity index is 676. The summed E-state index contributed by atoms with van der Waals surface area (Å²) in [7, 11) is 4.04. The Hall–Kier alpha value is -2.28. The van der Waals surface area contributed by atoms with Crippen LogP contribution in [0, 0.1) is 6.92 Å². The normalized spacial score (nSPS) is 14.3. The Kier molecular flexibility index (Phi) is 3.89. The monoisotopic (exact) mass is 300 g/mol. The number of carbonyl (C=O) groups is 1. The molecule has 0 saturated carbocycles. The highest BCUT2D eigenvalue weighted by atomic mass is 16.2. The van der Waals surface area contributed by atoms with Gasteiger partial charge < -0.3 is 14.4 Å². The molecule has 22 heavy (non-hydrogen) atoms. The molecule has 3 rings (SSSR count). The fraction of sp³-hybridized carbons (Fsp3) is 0.467. The van der Waals surface area contributed by atoms with Crippen molar-refractivity contribution in [2.75, 3.05) is 20.6 Å². The van der Waals surface area contributed by atoms with Crippen LogP contribution in [-0.2, 0) is 19.6 Å². The molecule has 116 valence electrons. The summed E-state index contributed by atoms with van der Waals surface area (Å²) in [5, 5.41) is 0. The lowest BCUT2D eigenvalue weighted by Gasteiger charge is -2.27. The van der Waals surface area contributed by atoms with Gasteiger partial charge in [-0.05, 0) is 21.0 Å². The standard InChI is InChI=1S/C15H20N6O/c1-11-6-17-13(7-16-11)15(22)21-5-4-20-9-12(8-19(2)3)18-14(20)10-21/h6-7,9H,4-5,8,10H2,1-3H3. The van der Waals surface area contributed by atoms with Gasteiger partial charge in [-0.15, -0.1) is 0 Å². The lowest BCUT2D eigenvalue weighted by Crippen LogP contribution is -2.38. The second kappa shape index (κ2) is 5.84. The van der Waals surface area contributed by atoms with Gasteiger partial charge in [0, 0.05) is 32.0 Å². The minimum Gasteiger partial charge on any atom is -0.331 e. The highest BCUT2D eigenvalue weighted by Gasteiger charge is 2.24. The van der Waals surface area contributed by atoms with E-state index in [1.165, 1.54) is 6.20 Å². The molecule has 3 heterocycles. The van der Waals surface area contributed by atoms with Crippen molar-refractivity contribution in [3.05, 3.63) is 41.5 Å². The van der Waals surface area contributed by atoms with Gasteiger partial charge in [0.25, 0.3) is 5.91 Å². The summed E-state index contributed by atoms with van der Waals surface area (Å²) < 4.78 is 2.13. The third-order valence-corrected chi connectivity index (χ3v) is 3.62. The highest BCUT2D eigenvalue weighted by molar-refractivity contribution is 5.92. The zero-order chi connectivity index (χ0) is 15.7. The van der Waals surface area contributed by atoms with E-state index in [-0.39, 0.29) is 5.91 Å². The maximum absolute atomic E-state index is 12.5. The summed E-state index contributed by atoms with van der Waals surface area (Å²) >= 11 is 0. The van der Waals surface area contributed by atoms with Gasteiger partial charge in [-0.1, -0.05) is 0 Å². The molecule has 1 aliphatic rings. The molecule has 0 fully saturated rings. The predicted molar refractivity (Wildman–Crippen MR) is 81.1 cm³/mol. The van der Waals surface area contributed by atoms with E-state index >= 15 is 0 Å². The summed E-state index contributed by atoms with van der Waals surface area (Å²) in [5.74, 6) is 0.840. The number of rotatable bonds is 3. The first-order chi connectivity index (χ1) is 10.5. The largest absolute Gasteiger partial charge is 0.331 e. The number of amides is 1. The van der Waals surface area contributed by atoms with Crippen LogP contribution >= 0.6 is 0 Å². The zero-order valence-electron chi connectivity index (χ0n) is 13.2. The van der Waals surface area contributed by atoms with Crippen LogP contribution in [0.4, 0.5) is 0 Å². The fourth-order valence-electron chi connectivity index (χ4n) is 2.55. The molecule has 1 amide bonds. The lowest BCUT2D eigenvalue weighted by molar-refractivity contribution is 0.0701. The number of nitrogens with zero attached hydrogens (tertiary/aromatic N) is 6. The molecule has 0 atom stereocenters. The third-order valence-electron chi connectivity index (χ3n) is 3.62. The molecular weight excluding hydrogens is 280 g/mol. The Morgan fingerprint density at radius 1 is 1.27 bits per heavy atom. The number of aryl methyl sites for hydroxylation is 1. The quantitative estimate of drug-likeness (QED) is 0.834. The molecule has 0 bridgehead atoms. The molecule has 0 spiro atoms. The maximum atomic E-state index is 12.5. The average Bonchev–Trinajstić information content (AvgIpc) is 2.87. The Balaban J connectivity index is 1.74. The molecular formula is C15H20N6O. The second-order valence-electron chi connectivity index (χ2n) is 5.85. The first-order valence-electron chi connectivity index (χ1n) is 7.30. The summed E-state index contributed by atoms with van der Waals surface area (Å²) in [6.07, 6.45) is 5.23. The molecule has 2 aromatic rings. The van der Waals surface area contributed by atoms with Crippen molar-refractivity contribution in [3.8, 4) is 0 Å². The van der Waals surface area contributed by atoms with Crippen molar-refractivity contribution in [2.45, 2.75) is 26.6 Å². The molecule has 7 nitrogen and oxygen atoms in total. The first-order valence-corrected chi connectivity index (χ1v) is 7.30. The van der Waals surface area contributed by atoms with Crippen molar-refractivity contribution >= 4 is 5.91 Å². The minimum atomic E-state index is -0.0871. The minimum absolute atomic E-state index is 0.0871. The lowest BCUT2D eigenvalue weighted by atomic mass is 10.3. The van der Waals surface area contributed by atoms with Crippen molar-refractivity contribution in [1.29, 1.82) is 0 Å². The SMILES string of the molecule is Cc1cnc(C(=O)N2CCn3cc(CN(C)C)nc3C2)cn1. The van der Waals surface area contributed by atoms with Crippen LogP contribution in [0.5, 0.6) is 0 Å². The van der Waals surface area contributed by atoms with Gasteiger partial charge in [0.2, 0.25) is 0 Å². The molecule has 7 heteroatoms. The van der Waals surface area contributed by atoms with Crippen molar-refractivity contribution in [3.63, 3.8) is 0 Å². The number of carbonyl (C=O) groups excluding carboxylic acids is 1. The number of aromatic nitrogens is 4. The summed E-state index contributed by atoms with van der Waals surface area (Å²) in [6.45, 7) is 4.60. The van der Waals surface area contributed by atoms with Crippen molar-refractivity contribution < 1.29 is 4.79 Å². The summed E-state index contributed by atoms with van der Waals surface area (Å²) in [4.78, 5) is 29.3. The van der Waals surface area contributed by atoms with E-state index in [0.717, 1.165) is 30.3 Å². The number of hydrogen-bond acceptors (Lipinski definition) is 5. The van der Waals surface area contributed by atoms with Gasteiger partial charge in [0.05, 0.1) is 24.1 Å². The van der Waals surface area contributed by atoms with Crippen LogP contribution in [0.25, 0.3) is 0 Å². The number of imidazole rings is 1. The molecule has 0 radical (unpaired) electrons. The van der Waals surface area contributed by atoms with E-state index in [2.05, 4.69) is 30.6 Å². The number of fused-ring (bicyclic) bond motifs is 1. The van der Waals surface area contributed by atoms with E-state index in [9.17, 15) is 4.79 Å². The van der Waals surface area contributed by atoms with E-state index in [1.54, 1.807) is 11.1 Å². The van der Waals surface area contributed by atoms with Gasteiger partial charge in [0.1, 0.15) is 11.5 Å². The zero-order valence-corrected chi connectivity index (χ0v) is 13.2. The summed E-state index contributed by atoms with van der Waals surface area (Å²) in [5.41, 5.74) is 2.22. The van der Waals surface area contributed by atoms with Crippen LogP contribution in [0.3, 0.4) is 0 Å². The Labute approximate surface area is 129 Å². The van der Waals surface area contributed by atoms with Crippen molar-refractivity contribution in [2.24, 2.45) is 0 Å². The van der Waals surface area contributed by atoms with Gasteiger partial charge in [-0.3, -0.25) is 9.78 Å².